The molecule has 20 heavy (non-hydrogen) atoms. The van der Waals surface area contributed by atoms with E-state index in [4.69, 9.17) is 9.47 Å². The van der Waals surface area contributed by atoms with Crippen LogP contribution >= 0.6 is 0 Å². The number of benzene rings is 1. The van der Waals surface area contributed by atoms with Crippen LogP contribution in [-0.2, 0) is 17.7 Å². The van der Waals surface area contributed by atoms with Crippen LogP contribution in [0.5, 0.6) is 5.75 Å². The van der Waals surface area contributed by atoms with Crippen LogP contribution in [0.3, 0.4) is 0 Å². The number of ether oxygens (including phenoxy) is 2. The van der Waals surface area contributed by atoms with Crippen LogP contribution in [0.1, 0.15) is 23.0 Å². The molecule has 0 amide bonds. The predicted octanol–water partition coefficient (Wildman–Crippen LogP) is 2.92. The summed E-state index contributed by atoms with van der Waals surface area (Å²) in [5, 5.41) is 0. The van der Waals surface area contributed by atoms with Gasteiger partial charge in [-0.2, -0.15) is 0 Å². The highest BCUT2D eigenvalue weighted by molar-refractivity contribution is 5.87. The van der Waals surface area contributed by atoms with E-state index in [0.717, 1.165) is 18.7 Å². The average molecular weight is 273 g/mol. The Morgan fingerprint density at radius 2 is 1.95 bits per heavy atom. The third-order valence-corrected chi connectivity index (χ3v) is 3.11. The van der Waals surface area contributed by atoms with Crippen LogP contribution in [0.25, 0.3) is 0 Å². The summed E-state index contributed by atoms with van der Waals surface area (Å²) in [7, 11) is 1.65. The van der Waals surface area contributed by atoms with E-state index < -0.39 is 0 Å². The Hall–Kier alpha value is -2.23. The van der Waals surface area contributed by atoms with Gasteiger partial charge in [0.2, 0.25) is 0 Å². The molecule has 0 atom stereocenters. The Bertz CT molecular complexity index is 557. The van der Waals surface area contributed by atoms with E-state index >= 15 is 0 Å². The molecule has 4 nitrogen and oxygen atoms in total. The summed E-state index contributed by atoms with van der Waals surface area (Å²) in [6.45, 7) is 2.94. The zero-order valence-electron chi connectivity index (χ0n) is 11.8. The van der Waals surface area contributed by atoms with Crippen molar-refractivity contribution in [3.05, 3.63) is 53.9 Å². The van der Waals surface area contributed by atoms with E-state index in [1.54, 1.807) is 13.2 Å². The van der Waals surface area contributed by atoms with Gasteiger partial charge in [-0.1, -0.05) is 12.1 Å². The lowest BCUT2D eigenvalue weighted by atomic mass is 10.1. The van der Waals surface area contributed by atoms with Gasteiger partial charge in [0.1, 0.15) is 11.4 Å². The number of nitrogens with zero attached hydrogens (tertiary/aromatic N) is 1. The molecule has 2 aromatic rings. The third kappa shape index (κ3) is 3.41. The molecule has 0 bridgehead atoms. The molecular formula is C16H19NO3. The number of carbonyl (C=O) groups excluding carboxylic acids is 1. The first kappa shape index (κ1) is 14.2. The molecule has 0 aliphatic heterocycles. The van der Waals surface area contributed by atoms with Crippen molar-refractivity contribution in [2.45, 2.75) is 19.9 Å². The molecule has 0 saturated carbocycles. The molecule has 1 aromatic carbocycles. The fourth-order valence-corrected chi connectivity index (χ4v) is 2.04. The second kappa shape index (κ2) is 6.80. The summed E-state index contributed by atoms with van der Waals surface area (Å²) in [4.78, 5) is 11.8. The molecule has 2 rings (SSSR count). The van der Waals surface area contributed by atoms with E-state index in [2.05, 4.69) is 0 Å². The first-order chi connectivity index (χ1) is 9.74. The summed E-state index contributed by atoms with van der Waals surface area (Å²) in [5.74, 6) is 0.578. The van der Waals surface area contributed by atoms with Gasteiger partial charge in [0.05, 0.1) is 13.7 Å². The van der Waals surface area contributed by atoms with E-state index in [1.165, 1.54) is 5.56 Å². The second-order valence-corrected chi connectivity index (χ2v) is 4.41. The lowest BCUT2D eigenvalue weighted by Gasteiger charge is -2.09. The third-order valence-electron chi connectivity index (χ3n) is 3.11. The van der Waals surface area contributed by atoms with E-state index in [-0.39, 0.29) is 5.97 Å². The first-order valence-electron chi connectivity index (χ1n) is 6.69. The lowest BCUT2D eigenvalue weighted by Crippen LogP contribution is -2.12. The number of aryl methyl sites for hydroxylation is 2. The molecule has 0 radical (unpaired) electrons. The molecule has 0 spiro atoms. The number of aromatic nitrogens is 1. The van der Waals surface area contributed by atoms with Crippen LogP contribution in [0.4, 0.5) is 0 Å². The Morgan fingerprint density at radius 1 is 1.20 bits per heavy atom. The first-order valence-corrected chi connectivity index (χ1v) is 6.69. The van der Waals surface area contributed by atoms with Gasteiger partial charge in [-0.05, 0) is 43.2 Å². The van der Waals surface area contributed by atoms with Gasteiger partial charge in [0.15, 0.2) is 0 Å². The van der Waals surface area contributed by atoms with Gasteiger partial charge in [-0.15, -0.1) is 0 Å². The maximum Gasteiger partial charge on any atom is 0.354 e. The van der Waals surface area contributed by atoms with Gasteiger partial charge in [0, 0.05) is 12.7 Å². The van der Waals surface area contributed by atoms with E-state index in [9.17, 15) is 4.79 Å². The summed E-state index contributed by atoms with van der Waals surface area (Å²) in [5.41, 5.74) is 1.80. The van der Waals surface area contributed by atoms with Gasteiger partial charge < -0.3 is 14.0 Å². The zero-order valence-corrected chi connectivity index (χ0v) is 11.8. The Balaban J connectivity index is 2.00. The summed E-state index contributed by atoms with van der Waals surface area (Å²) in [6, 6.07) is 11.6. The maximum atomic E-state index is 11.8. The van der Waals surface area contributed by atoms with Crippen molar-refractivity contribution in [2.24, 2.45) is 0 Å². The van der Waals surface area contributed by atoms with Crippen molar-refractivity contribution in [3.63, 3.8) is 0 Å². The smallest absolute Gasteiger partial charge is 0.354 e. The molecule has 0 aliphatic rings. The van der Waals surface area contributed by atoms with Crippen molar-refractivity contribution < 1.29 is 14.3 Å². The highest BCUT2D eigenvalue weighted by Gasteiger charge is 2.11. The van der Waals surface area contributed by atoms with Crippen LogP contribution in [0.2, 0.25) is 0 Å². The summed E-state index contributed by atoms with van der Waals surface area (Å²) < 4.78 is 12.1. The fraction of sp³-hybridized carbons (Fsp3) is 0.312. The van der Waals surface area contributed by atoms with E-state index in [1.807, 2.05) is 48.0 Å². The summed E-state index contributed by atoms with van der Waals surface area (Å²) in [6.07, 6.45) is 2.75. The quantitative estimate of drug-likeness (QED) is 0.760. The molecule has 0 aliphatic carbocycles. The Labute approximate surface area is 118 Å². The maximum absolute atomic E-state index is 11.8. The molecular weight excluding hydrogens is 254 g/mol. The highest BCUT2D eigenvalue weighted by Crippen LogP contribution is 2.13. The standard InChI is InChI=1S/C16H19NO3/c1-3-20-16(18)15-5-4-11-17(15)12-10-13-6-8-14(19-2)9-7-13/h4-9,11H,3,10,12H2,1-2H3. The summed E-state index contributed by atoms with van der Waals surface area (Å²) >= 11 is 0. The average Bonchev–Trinajstić information content (AvgIpc) is 2.94. The minimum Gasteiger partial charge on any atom is -0.497 e. The molecule has 0 fully saturated rings. The lowest BCUT2D eigenvalue weighted by molar-refractivity contribution is 0.0514. The molecule has 0 N–H and O–H groups in total. The number of methoxy groups -OCH3 is 1. The topological polar surface area (TPSA) is 40.5 Å². The van der Waals surface area contributed by atoms with Crippen molar-refractivity contribution in [2.75, 3.05) is 13.7 Å². The van der Waals surface area contributed by atoms with Crippen molar-refractivity contribution >= 4 is 5.97 Å². The van der Waals surface area contributed by atoms with Crippen molar-refractivity contribution in [3.8, 4) is 5.75 Å². The fourth-order valence-electron chi connectivity index (χ4n) is 2.04. The molecule has 1 heterocycles. The zero-order chi connectivity index (χ0) is 14.4. The minimum absolute atomic E-state index is 0.271. The number of carbonyl (C=O) groups is 1. The molecule has 0 unspecified atom stereocenters. The van der Waals surface area contributed by atoms with Gasteiger partial charge in [-0.25, -0.2) is 4.79 Å². The predicted molar refractivity (Wildman–Crippen MR) is 77.1 cm³/mol. The molecule has 106 valence electrons. The van der Waals surface area contributed by atoms with Gasteiger partial charge >= 0.3 is 5.97 Å². The monoisotopic (exact) mass is 273 g/mol. The largest absolute Gasteiger partial charge is 0.497 e. The van der Waals surface area contributed by atoms with Crippen molar-refractivity contribution in [1.29, 1.82) is 0 Å². The van der Waals surface area contributed by atoms with Crippen LogP contribution in [-0.4, -0.2) is 24.3 Å². The number of rotatable bonds is 6. The molecule has 4 heteroatoms. The number of hydrogen-bond acceptors (Lipinski definition) is 3. The number of hydrogen-bond donors (Lipinski definition) is 0. The highest BCUT2D eigenvalue weighted by atomic mass is 16.5. The SMILES string of the molecule is CCOC(=O)c1cccn1CCc1ccc(OC)cc1. The van der Waals surface area contributed by atoms with Crippen molar-refractivity contribution in [1.82, 2.24) is 4.57 Å². The second-order valence-electron chi connectivity index (χ2n) is 4.41. The Morgan fingerprint density at radius 3 is 2.60 bits per heavy atom. The molecule has 0 saturated heterocycles. The van der Waals surface area contributed by atoms with Crippen LogP contribution in [0.15, 0.2) is 42.6 Å². The Kier molecular flexibility index (Phi) is 4.82. The van der Waals surface area contributed by atoms with Gasteiger partial charge in [-0.3, -0.25) is 0 Å². The van der Waals surface area contributed by atoms with Crippen LogP contribution in [0, 0.1) is 0 Å². The number of esters is 1. The van der Waals surface area contributed by atoms with E-state index in [0.29, 0.717) is 12.3 Å². The van der Waals surface area contributed by atoms with Crippen LogP contribution < -0.4 is 4.74 Å². The normalized spacial score (nSPS) is 10.3. The minimum atomic E-state index is -0.271. The molecule has 1 aromatic heterocycles. The van der Waals surface area contributed by atoms with Gasteiger partial charge in [0.25, 0.3) is 0 Å².